The number of sulfonamides is 1. The molecule has 2 N–H and O–H groups in total. The molecule has 0 aromatic heterocycles. The van der Waals surface area contributed by atoms with Crippen LogP contribution < -0.4 is 10.2 Å². The lowest BCUT2D eigenvalue weighted by molar-refractivity contribution is -0.132. The first kappa shape index (κ1) is 14.5. The topological polar surface area (TPSA) is 96.9 Å². The van der Waals surface area contributed by atoms with E-state index in [0.29, 0.717) is 12.0 Å². The zero-order valence-electron chi connectivity index (χ0n) is 11.1. The van der Waals surface area contributed by atoms with Gasteiger partial charge in [-0.15, -0.1) is 0 Å². The number of hydroxylamine groups is 1. The predicted molar refractivity (Wildman–Crippen MR) is 72.5 cm³/mol. The fourth-order valence-corrected chi connectivity index (χ4v) is 3.13. The Balaban J connectivity index is 2.39. The first-order valence-electron chi connectivity index (χ1n) is 6.02. The van der Waals surface area contributed by atoms with Crippen LogP contribution in [0.4, 0.5) is 0 Å². The van der Waals surface area contributed by atoms with E-state index >= 15 is 0 Å². The van der Waals surface area contributed by atoms with Gasteiger partial charge in [-0.2, -0.15) is 0 Å². The van der Waals surface area contributed by atoms with E-state index in [2.05, 4.69) is 20.0 Å². The summed E-state index contributed by atoms with van der Waals surface area (Å²) in [6, 6.07) is 5.77. The van der Waals surface area contributed by atoms with Crippen molar-refractivity contribution in [2.24, 2.45) is 4.99 Å². The smallest absolute Gasteiger partial charge is 0.268 e. The van der Waals surface area contributed by atoms with Crippen molar-refractivity contribution in [3.05, 3.63) is 29.8 Å². The second kappa shape index (κ2) is 5.59. The van der Waals surface area contributed by atoms with Crippen LogP contribution in [0.25, 0.3) is 0 Å². The van der Waals surface area contributed by atoms with E-state index in [0.717, 1.165) is 0 Å². The van der Waals surface area contributed by atoms with Crippen molar-refractivity contribution in [1.29, 1.82) is 0 Å². The highest BCUT2D eigenvalue weighted by atomic mass is 32.2. The lowest BCUT2D eigenvalue weighted by Crippen LogP contribution is -2.34. The van der Waals surface area contributed by atoms with Gasteiger partial charge in [-0.3, -0.25) is 19.3 Å². The summed E-state index contributed by atoms with van der Waals surface area (Å²) in [6.07, 6.45) is 0.419. The average molecular weight is 297 g/mol. The number of hydrogen-bond acceptors (Lipinski definition) is 5. The van der Waals surface area contributed by atoms with Crippen LogP contribution in [0.2, 0.25) is 0 Å². The molecule has 1 amide bonds. The molecule has 1 aromatic carbocycles. The number of amidine groups is 1. The summed E-state index contributed by atoms with van der Waals surface area (Å²) in [5.74, 6) is -0.246. The predicted octanol–water partition coefficient (Wildman–Crippen LogP) is 0.181. The van der Waals surface area contributed by atoms with Crippen molar-refractivity contribution >= 4 is 21.8 Å². The molecule has 1 aliphatic rings. The molecule has 2 rings (SSSR count). The van der Waals surface area contributed by atoms with Gasteiger partial charge in [0.15, 0.2) is 0 Å². The summed E-state index contributed by atoms with van der Waals surface area (Å²) in [4.78, 5) is 20.6. The van der Waals surface area contributed by atoms with Gasteiger partial charge in [-0.1, -0.05) is 19.1 Å². The normalized spacial score (nSPS) is 19.2. The summed E-state index contributed by atoms with van der Waals surface area (Å²) in [7, 11) is -2.27. The zero-order valence-corrected chi connectivity index (χ0v) is 11.9. The highest BCUT2D eigenvalue weighted by Gasteiger charge is 2.31. The minimum absolute atomic E-state index is 0.167. The minimum Gasteiger partial charge on any atom is -0.277 e. The molecule has 0 bridgehead atoms. The Hall–Kier alpha value is -1.93. The third-order valence-electron chi connectivity index (χ3n) is 2.84. The van der Waals surface area contributed by atoms with Gasteiger partial charge in [-0.25, -0.2) is 13.9 Å². The van der Waals surface area contributed by atoms with Gasteiger partial charge in [-0.05, 0) is 18.6 Å². The summed E-state index contributed by atoms with van der Waals surface area (Å²) < 4.78 is 26.2. The summed E-state index contributed by atoms with van der Waals surface area (Å²) in [5.41, 5.74) is 2.66. The Morgan fingerprint density at radius 1 is 1.45 bits per heavy atom. The van der Waals surface area contributed by atoms with Crippen LogP contribution in [0.3, 0.4) is 0 Å². The fraction of sp³-hybridized carbons (Fsp3) is 0.333. The molecule has 8 heteroatoms. The highest BCUT2D eigenvalue weighted by Crippen LogP contribution is 2.22. The number of carbonyl (C=O) groups is 1. The van der Waals surface area contributed by atoms with E-state index in [1.54, 1.807) is 25.1 Å². The maximum atomic E-state index is 11.9. The van der Waals surface area contributed by atoms with E-state index in [1.165, 1.54) is 13.2 Å². The van der Waals surface area contributed by atoms with Crippen LogP contribution in [0.15, 0.2) is 34.2 Å². The lowest BCUT2D eigenvalue weighted by atomic mass is 10.2. The largest absolute Gasteiger partial charge is 0.277 e. The maximum absolute atomic E-state index is 11.9. The molecular weight excluding hydrogens is 282 g/mol. The van der Waals surface area contributed by atoms with Gasteiger partial charge in [0.2, 0.25) is 0 Å². The summed E-state index contributed by atoms with van der Waals surface area (Å²) >= 11 is 0. The van der Waals surface area contributed by atoms with E-state index in [-0.39, 0.29) is 10.7 Å². The second-order valence-corrected chi connectivity index (χ2v) is 5.82. The molecule has 7 nitrogen and oxygen atoms in total. The van der Waals surface area contributed by atoms with Crippen molar-refractivity contribution in [3.8, 4) is 0 Å². The van der Waals surface area contributed by atoms with Crippen LogP contribution in [0.5, 0.6) is 0 Å². The molecule has 0 fully saturated rings. The number of fused-ring (bicyclic) bond motifs is 1. The Kier molecular flexibility index (Phi) is 4.05. The van der Waals surface area contributed by atoms with Gasteiger partial charge in [0.05, 0.1) is 12.0 Å². The molecule has 0 saturated heterocycles. The molecule has 108 valence electrons. The Morgan fingerprint density at radius 2 is 2.15 bits per heavy atom. The van der Waals surface area contributed by atoms with Crippen LogP contribution in [-0.4, -0.2) is 33.3 Å². The number of hydrogen-bond donors (Lipinski definition) is 2. The van der Waals surface area contributed by atoms with Gasteiger partial charge >= 0.3 is 0 Å². The number of aliphatic imine (C=N–C) groups is 1. The van der Waals surface area contributed by atoms with Crippen LogP contribution in [-0.2, 0) is 19.7 Å². The van der Waals surface area contributed by atoms with Gasteiger partial charge < -0.3 is 0 Å². The average Bonchev–Trinajstić information content (AvgIpc) is 2.68. The Labute approximate surface area is 117 Å². The van der Waals surface area contributed by atoms with Crippen molar-refractivity contribution in [1.82, 2.24) is 10.2 Å². The number of amides is 1. The Bertz CT molecular complexity index is 654. The number of benzene rings is 1. The van der Waals surface area contributed by atoms with Crippen molar-refractivity contribution in [3.63, 3.8) is 0 Å². The van der Waals surface area contributed by atoms with Crippen molar-refractivity contribution in [2.45, 2.75) is 24.3 Å². The highest BCUT2D eigenvalue weighted by molar-refractivity contribution is 7.90. The number of nitrogens with zero attached hydrogens (tertiary/aromatic N) is 1. The summed E-state index contributed by atoms with van der Waals surface area (Å²) in [6.45, 7) is 1.78. The quantitative estimate of drug-likeness (QED) is 0.775. The fourth-order valence-electron chi connectivity index (χ4n) is 1.89. The van der Waals surface area contributed by atoms with E-state index in [1.807, 2.05) is 0 Å². The van der Waals surface area contributed by atoms with Gasteiger partial charge in [0, 0.05) is 5.56 Å². The van der Waals surface area contributed by atoms with E-state index < -0.39 is 22.0 Å². The van der Waals surface area contributed by atoms with Crippen LogP contribution in [0.1, 0.15) is 18.9 Å². The van der Waals surface area contributed by atoms with Crippen LogP contribution in [0, 0.1) is 0 Å². The second-order valence-electron chi connectivity index (χ2n) is 4.17. The molecule has 1 heterocycles. The number of rotatable bonds is 4. The SMILES string of the molecule is CC[C@@H](N=C1NS(=O)(=O)c2ccccc21)C(=O)NOC. The molecule has 1 atom stereocenters. The van der Waals surface area contributed by atoms with Crippen molar-refractivity contribution in [2.75, 3.05) is 7.11 Å². The van der Waals surface area contributed by atoms with Gasteiger partial charge in [0.25, 0.3) is 15.9 Å². The molecular formula is C12H15N3O4S. The molecule has 0 unspecified atom stereocenters. The molecule has 0 radical (unpaired) electrons. The Morgan fingerprint density at radius 3 is 2.80 bits per heavy atom. The minimum atomic E-state index is -3.59. The third kappa shape index (κ3) is 2.66. The third-order valence-corrected chi connectivity index (χ3v) is 4.24. The molecule has 1 aliphatic heterocycles. The standard InChI is InChI=1S/C12H15N3O4S/c1-3-9(12(16)14-19-2)13-11-8-6-4-5-7-10(8)20(17,18)15-11/h4-7,9H,3H2,1-2H3,(H,13,15)(H,14,16)/t9-/m1/s1. The monoisotopic (exact) mass is 297 g/mol. The van der Waals surface area contributed by atoms with Crippen molar-refractivity contribution < 1.29 is 18.0 Å². The molecule has 20 heavy (non-hydrogen) atoms. The molecule has 0 saturated carbocycles. The lowest BCUT2D eigenvalue weighted by Gasteiger charge is -2.10. The first-order valence-corrected chi connectivity index (χ1v) is 7.50. The summed E-state index contributed by atoms with van der Waals surface area (Å²) in [5, 5.41) is 0. The van der Waals surface area contributed by atoms with E-state index in [4.69, 9.17) is 0 Å². The number of nitrogens with one attached hydrogen (secondary N) is 2. The first-order chi connectivity index (χ1) is 9.49. The van der Waals surface area contributed by atoms with Gasteiger partial charge in [0.1, 0.15) is 11.9 Å². The molecule has 0 spiro atoms. The molecule has 1 aromatic rings. The van der Waals surface area contributed by atoms with Crippen LogP contribution >= 0.6 is 0 Å². The number of carbonyl (C=O) groups excluding carboxylic acids is 1. The molecule has 0 aliphatic carbocycles. The van der Waals surface area contributed by atoms with E-state index in [9.17, 15) is 13.2 Å². The zero-order chi connectivity index (χ0) is 14.8. The maximum Gasteiger partial charge on any atom is 0.268 e.